The topological polar surface area (TPSA) is 91.9 Å². The third-order valence-corrected chi connectivity index (χ3v) is 5.64. The normalized spacial score (nSPS) is 11.2. The number of amides is 3. The van der Waals surface area contributed by atoms with Gasteiger partial charge in [0.05, 0.1) is 12.7 Å². The van der Waals surface area contributed by atoms with Gasteiger partial charge in [0.25, 0.3) is 5.91 Å². The average molecular weight is 539 g/mol. The number of nitrogens with one attached hydrogen (secondary N) is 3. The van der Waals surface area contributed by atoms with E-state index in [1.165, 1.54) is 25.3 Å². The second-order valence-corrected chi connectivity index (χ2v) is 8.72. The zero-order chi connectivity index (χ0) is 28.0. The Balaban J connectivity index is 1.87. The molecule has 2 aromatic carbocycles. The maximum absolute atomic E-state index is 12.7. The Morgan fingerprint density at radius 3 is 2.03 bits per heavy atom. The van der Waals surface area contributed by atoms with Crippen LogP contribution >= 0.6 is 0 Å². The highest BCUT2D eigenvalue weighted by atomic mass is 19.4. The zero-order valence-electron chi connectivity index (χ0n) is 22.1. The molecule has 2 rings (SSSR count). The van der Waals surface area contributed by atoms with Crippen LogP contribution in [0.4, 0.5) is 29.3 Å². The van der Waals surface area contributed by atoms with Gasteiger partial charge in [-0.15, -0.1) is 13.2 Å². The van der Waals surface area contributed by atoms with Crippen molar-refractivity contribution in [3.05, 3.63) is 48.0 Å². The number of urea groups is 1. The maximum Gasteiger partial charge on any atom is 0.573 e. The second-order valence-electron chi connectivity index (χ2n) is 8.72. The molecule has 0 unspecified atom stereocenters. The highest BCUT2D eigenvalue weighted by molar-refractivity contribution is 6.01. The van der Waals surface area contributed by atoms with Crippen molar-refractivity contribution in [3.8, 4) is 11.5 Å². The monoisotopic (exact) mass is 538 g/mol. The molecule has 3 N–H and O–H groups in total. The van der Waals surface area contributed by atoms with Gasteiger partial charge in [-0.2, -0.15) is 0 Å². The van der Waals surface area contributed by atoms with Crippen molar-refractivity contribution < 1.29 is 32.2 Å². The first kappa shape index (κ1) is 30.8. The van der Waals surface area contributed by atoms with Gasteiger partial charge in [-0.05, 0) is 75.3 Å². The summed E-state index contributed by atoms with van der Waals surface area (Å²) in [5.41, 5.74) is 0.978. The molecule has 0 saturated carbocycles. The number of rotatable bonds is 15. The van der Waals surface area contributed by atoms with E-state index in [-0.39, 0.29) is 11.6 Å². The van der Waals surface area contributed by atoms with E-state index in [9.17, 15) is 22.8 Å². The molecule has 210 valence electrons. The SMILES string of the molecule is CCCCN(CCCC)CCCNC(=O)c1ccc(NC(=O)Nc2ccc(OC(F)(F)F)cc2)cc1OC. The number of carbonyl (C=O) groups excluding carboxylic acids is 2. The van der Waals surface area contributed by atoms with Crippen molar-refractivity contribution >= 4 is 23.3 Å². The molecule has 0 aliphatic rings. The number of methoxy groups -OCH3 is 1. The number of hydrogen-bond donors (Lipinski definition) is 3. The summed E-state index contributed by atoms with van der Waals surface area (Å²) in [5, 5.41) is 8.04. The van der Waals surface area contributed by atoms with E-state index in [1.54, 1.807) is 12.1 Å². The molecule has 8 nitrogen and oxygen atoms in total. The summed E-state index contributed by atoms with van der Waals surface area (Å²) in [5.74, 6) is -0.374. The summed E-state index contributed by atoms with van der Waals surface area (Å²) >= 11 is 0. The van der Waals surface area contributed by atoms with Crippen LogP contribution < -0.4 is 25.4 Å². The number of alkyl halides is 3. The van der Waals surface area contributed by atoms with Crippen molar-refractivity contribution in [2.24, 2.45) is 0 Å². The first-order chi connectivity index (χ1) is 18.1. The molecule has 0 heterocycles. The van der Waals surface area contributed by atoms with Gasteiger partial charge >= 0.3 is 12.4 Å². The molecule has 0 spiro atoms. The van der Waals surface area contributed by atoms with Crippen molar-refractivity contribution in [1.29, 1.82) is 0 Å². The predicted molar refractivity (Wildman–Crippen MR) is 142 cm³/mol. The quantitative estimate of drug-likeness (QED) is 0.233. The van der Waals surface area contributed by atoms with Crippen LogP contribution in [0.1, 0.15) is 56.3 Å². The standard InChI is InChI=1S/C27H37F3N4O4/c1-4-6-16-34(17-7-5-2)18-8-15-31-25(35)23-14-11-21(19-24(23)37-3)33-26(36)32-20-9-12-22(13-10-20)38-27(28,29)30/h9-14,19H,4-8,15-18H2,1-3H3,(H,31,35)(H2,32,33,36). The van der Waals surface area contributed by atoms with Gasteiger partial charge in [0.1, 0.15) is 11.5 Å². The molecule has 0 aliphatic heterocycles. The molecule has 0 aliphatic carbocycles. The van der Waals surface area contributed by atoms with Crippen LogP contribution in [0.5, 0.6) is 11.5 Å². The maximum atomic E-state index is 12.7. The van der Waals surface area contributed by atoms with Crippen molar-refractivity contribution in [3.63, 3.8) is 0 Å². The molecule has 0 fully saturated rings. The van der Waals surface area contributed by atoms with E-state index in [1.807, 2.05) is 0 Å². The largest absolute Gasteiger partial charge is 0.573 e. The number of anilines is 2. The molecule has 0 radical (unpaired) electrons. The van der Waals surface area contributed by atoms with Gasteiger partial charge in [-0.1, -0.05) is 26.7 Å². The summed E-state index contributed by atoms with van der Waals surface area (Å²) in [6.07, 6.45) is 0.672. The van der Waals surface area contributed by atoms with Crippen LogP contribution in [-0.4, -0.2) is 56.5 Å². The Morgan fingerprint density at radius 1 is 0.868 bits per heavy atom. The summed E-state index contributed by atoms with van der Waals surface area (Å²) in [7, 11) is 1.43. The number of hydrogen-bond acceptors (Lipinski definition) is 5. The van der Waals surface area contributed by atoms with Gasteiger partial charge in [0, 0.05) is 24.0 Å². The molecule has 0 atom stereocenters. The lowest BCUT2D eigenvalue weighted by atomic mass is 10.1. The van der Waals surface area contributed by atoms with Crippen molar-refractivity contribution in [2.45, 2.75) is 52.3 Å². The predicted octanol–water partition coefficient (Wildman–Crippen LogP) is 6.26. The van der Waals surface area contributed by atoms with Crippen molar-refractivity contribution in [2.75, 3.05) is 43.9 Å². The smallest absolute Gasteiger partial charge is 0.496 e. The minimum atomic E-state index is -4.79. The number of ether oxygens (including phenoxy) is 2. The number of halogens is 3. The van der Waals surface area contributed by atoms with E-state index in [4.69, 9.17) is 4.74 Å². The number of carbonyl (C=O) groups is 2. The van der Waals surface area contributed by atoms with Crippen LogP contribution in [0.25, 0.3) is 0 Å². The van der Waals surface area contributed by atoms with E-state index >= 15 is 0 Å². The summed E-state index contributed by atoms with van der Waals surface area (Å²) in [6, 6.07) is 8.76. The van der Waals surface area contributed by atoms with Crippen LogP contribution in [0, 0.1) is 0 Å². The molecular formula is C27H37F3N4O4. The number of benzene rings is 2. The van der Waals surface area contributed by atoms with Gasteiger partial charge in [0.15, 0.2) is 0 Å². The average Bonchev–Trinajstić information content (AvgIpc) is 2.87. The molecule has 38 heavy (non-hydrogen) atoms. The van der Waals surface area contributed by atoms with E-state index < -0.39 is 18.1 Å². The van der Waals surface area contributed by atoms with Gasteiger partial charge in [0.2, 0.25) is 0 Å². The Morgan fingerprint density at radius 2 is 1.45 bits per heavy atom. The van der Waals surface area contributed by atoms with Crippen LogP contribution in [-0.2, 0) is 0 Å². The van der Waals surface area contributed by atoms with E-state index in [0.29, 0.717) is 23.5 Å². The Hall–Kier alpha value is -3.47. The summed E-state index contributed by atoms with van der Waals surface area (Å²) < 4.78 is 46.0. The third kappa shape index (κ3) is 11.3. The fraction of sp³-hybridized carbons (Fsp3) is 0.481. The van der Waals surface area contributed by atoms with Gasteiger partial charge in [-0.3, -0.25) is 4.79 Å². The van der Waals surface area contributed by atoms with Crippen LogP contribution in [0.15, 0.2) is 42.5 Å². The minimum absolute atomic E-state index is 0.267. The fourth-order valence-corrected chi connectivity index (χ4v) is 3.69. The summed E-state index contributed by atoms with van der Waals surface area (Å²) in [6.45, 7) is 7.95. The molecule has 0 aromatic heterocycles. The highest BCUT2D eigenvalue weighted by Crippen LogP contribution is 2.25. The summed E-state index contributed by atoms with van der Waals surface area (Å²) in [4.78, 5) is 27.5. The Labute approximate surface area is 221 Å². The first-order valence-electron chi connectivity index (χ1n) is 12.8. The molecular weight excluding hydrogens is 501 g/mol. The second kappa shape index (κ2) is 15.7. The van der Waals surface area contributed by atoms with Gasteiger partial charge in [-0.25, -0.2) is 4.79 Å². The van der Waals surface area contributed by atoms with E-state index in [2.05, 4.69) is 39.4 Å². The fourth-order valence-electron chi connectivity index (χ4n) is 3.69. The molecule has 0 saturated heterocycles. The van der Waals surface area contributed by atoms with E-state index in [0.717, 1.165) is 63.9 Å². The first-order valence-corrected chi connectivity index (χ1v) is 12.8. The lowest BCUT2D eigenvalue weighted by Crippen LogP contribution is -2.31. The number of nitrogens with zero attached hydrogens (tertiary/aromatic N) is 1. The molecule has 0 bridgehead atoms. The molecule has 2 aromatic rings. The lowest BCUT2D eigenvalue weighted by molar-refractivity contribution is -0.274. The Bertz CT molecular complexity index is 1010. The minimum Gasteiger partial charge on any atom is -0.496 e. The number of unbranched alkanes of at least 4 members (excludes halogenated alkanes) is 2. The zero-order valence-corrected chi connectivity index (χ0v) is 22.1. The van der Waals surface area contributed by atoms with Gasteiger partial charge < -0.3 is 30.3 Å². The highest BCUT2D eigenvalue weighted by Gasteiger charge is 2.31. The molecule has 11 heteroatoms. The lowest BCUT2D eigenvalue weighted by Gasteiger charge is -2.22. The Kier molecular flexibility index (Phi) is 12.7. The third-order valence-electron chi connectivity index (χ3n) is 5.64. The van der Waals surface area contributed by atoms with Crippen LogP contribution in [0.3, 0.4) is 0 Å². The van der Waals surface area contributed by atoms with Crippen LogP contribution in [0.2, 0.25) is 0 Å². The van der Waals surface area contributed by atoms with Crippen molar-refractivity contribution in [1.82, 2.24) is 10.2 Å². The molecule has 3 amide bonds.